The lowest BCUT2D eigenvalue weighted by Gasteiger charge is -2.18. The van der Waals surface area contributed by atoms with Crippen LogP contribution in [0.3, 0.4) is 0 Å². The molecule has 14 heavy (non-hydrogen) atoms. The maximum Gasteiger partial charge on any atom is 0.421 e. The van der Waals surface area contributed by atoms with Crippen LogP contribution in [-0.2, 0) is 4.74 Å². The van der Waals surface area contributed by atoms with Gasteiger partial charge < -0.3 is 10.5 Å². The summed E-state index contributed by atoms with van der Waals surface area (Å²) < 4.78 is 4.71. The number of carbonyl (C=O) groups excluding carboxylic acids is 1. The molecule has 1 aliphatic rings. The molecule has 1 amide bonds. The fourth-order valence-electron chi connectivity index (χ4n) is 0.747. The van der Waals surface area contributed by atoms with E-state index < -0.39 is 11.7 Å². The normalized spacial score (nSPS) is 16.1. The minimum Gasteiger partial charge on any atom is -0.443 e. The van der Waals surface area contributed by atoms with E-state index in [1.165, 1.54) is 19.3 Å². The van der Waals surface area contributed by atoms with Crippen LogP contribution in [0.5, 0.6) is 0 Å². The summed E-state index contributed by atoms with van der Waals surface area (Å²) in [6.07, 6.45) is 3.28. The fraction of sp³-hybridized carbons (Fsp3) is 0.889. The van der Waals surface area contributed by atoms with Gasteiger partial charge in [0.25, 0.3) is 0 Å². The van der Waals surface area contributed by atoms with Crippen molar-refractivity contribution in [3.05, 3.63) is 0 Å². The lowest BCUT2D eigenvalue weighted by Crippen LogP contribution is -2.36. The van der Waals surface area contributed by atoms with Crippen molar-refractivity contribution in [2.75, 3.05) is 0 Å². The Balaban J connectivity index is 0.000000280. The number of hydrazine groups is 1. The number of rotatable bonds is 0. The molecule has 0 aliphatic heterocycles. The zero-order valence-corrected chi connectivity index (χ0v) is 9.17. The number of ether oxygens (including phenoxy) is 1. The van der Waals surface area contributed by atoms with E-state index in [2.05, 4.69) is 0 Å². The van der Waals surface area contributed by atoms with Crippen LogP contribution >= 0.6 is 0 Å². The first-order valence-electron chi connectivity index (χ1n) is 4.80. The first-order chi connectivity index (χ1) is 6.35. The molecule has 5 heteroatoms. The molecule has 0 saturated heterocycles. The molecule has 5 N–H and O–H groups in total. The molecule has 5 nitrogen and oxygen atoms in total. The van der Waals surface area contributed by atoms with Crippen molar-refractivity contribution in [1.29, 1.82) is 0 Å². The monoisotopic (exact) mass is 203 g/mol. The van der Waals surface area contributed by atoms with Crippen LogP contribution in [0, 0.1) is 0 Å². The molecule has 1 saturated carbocycles. The molecule has 84 valence electrons. The van der Waals surface area contributed by atoms with Crippen LogP contribution in [0.2, 0.25) is 0 Å². The molecular formula is C9H21N3O2. The van der Waals surface area contributed by atoms with Crippen molar-refractivity contribution in [1.82, 2.24) is 5.43 Å². The number of amides is 1. The number of nitrogens with one attached hydrogen (secondary N) is 1. The zero-order chi connectivity index (χ0) is 11.2. The second-order valence-electron chi connectivity index (χ2n) is 4.34. The maximum atomic E-state index is 10.4. The second kappa shape index (κ2) is 5.82. The van der Waals surface area contributed by atoms with Gasteiger partial charge in [0.05, 0.1) is 0 Å². The molecular weight excluding hydrogens is 182 g/mol. The van der Waals surface area contributed by atoms with Crippen molar-refractivity contribution >= 4 is 6.09 Å². The third-order valence-electron chi connectivity index (χ3n) is 1.67. The van der Waals surface area contributed by atoms with Crippen LogP contribution in [0.25, 0.3) is 0 Å². The van der Waals surface area contributed by atoms with E-state index in [9.17, 15) is 4.79 Å². The summed E-state index contributed by atoms with van der Waals surface area (Å²) in [6, 6.07) is 0.565. The Hall–Kier alpha value is -0.810. The van der Waals surface area contributed by atoms with E-state index in [-0.39, 0.29) is 0 Å². The summed E-state index contributed by atoms with van der Waals surface area (Å²) in [5, 5.41) is 0. The Labute approximate surface area is 85.1 Å². The highest BCUT2D eigenvalue weighted by atomic mass is 16.6. The molecule has 1 fully saturated rings. The van der Waals surface area contributed by atoms with Crippen LogP contribution < -0.4 is 17.0 Å². The van der Waals surface area contributed by atoms with Gasteiger partial charge in [-0.25, -0.2) is 10.6 Å². The minimum atomic E-state index is -0.609. The van der Waals surface area contributed by atoms with E-state index in [0.29, 0.717) is 6.04 Å². The number of hydrogen-bond donors (Lipinski definition) is 3. The Morgan fingerprint density at radius 1 is 1.43 bits per heavy atom. The fourth-order valence-corrected chi connectivity index (χ4v) is 0.747. The van der Waals surface area contributed by atoms with Crippen LogP contribution in [0.15, 0.2) is 0 Å². The average molecular weight is 203 g/mol. The van der Waals surface area contributed by atoms with Gasteiger partial charge in [-0.05, 0) is 33.6 Å². The first-order valence-corrected chi connectivity index (χ1v) is 4.80. The Kier molecular flexibility index (Phi) is 5.49. The number of hydrogen-bond acceptors (Lipinski definition) is 4. The van der Waals surface area contributed by atoms with Gasteiger partial charge in [0.15, 0.2) is 0 Å². The summed E-state index contributed by atoms with van der Waals surface area (Å²) in [5.41, 5.74) is 6.77. The molecule has 1 rings (SSSR count). The molecule has 0 aromatic rings. The second-order valence-corrected chi connectivity index (χ2v) is 4.34. The van der Waals surface area contributed by atoms with E-state index in [0.717, 1.165) is 0 Å². The van der Waals surface area contributed by atoms with E-state index in [4.69, 9.17) is 16.3 Å². The summed E-state index contributed by atoms with van der Waals surface area (Å²) in [7, 11) is 0. The van der Waals surface area contributed by atoms with Crippen LogP contribution in [0.1, 0.15) is 40.0 Å². The Morgan fingerprint density at radius 3 is 1.93 bits per heavy atom. The first kappa shape index (κ1) is 13.2. The maximum absolute atomic E-state index is 10.4. The molecule has 0 radical (unpaired) electrons. The van der Waals surface area contributed by atoms with E-state index in [1.807, 2.05) is 5.43 Å². The molecule has 0 atom stereocenters. The van der Waals surface area contributed by atoms with Gasteiger partial charge >= 0.3 is 6.09 Å². The van der Waals surface area contributed by atoms with Gasteiger partial charge in [-0.15, -0.1) is 0 Å². The topological polar surface area (TPSA) is 90.4 Å². The largest absolute Gasteiger partial charge is 0.443 e. The summed E-state index contributed by atoms with van der Waals surface area (Å²) >= 11 is 0. The molecule has 1 aliphatic carbocycles. The van der Waals surface area contributed by atoms with Gasteiger partial charge in [0.1, 0.15) is 5.60 Å². The highest BCUT2D eigenvalue weighted by Gasteiger charge is 2.14. The molecule has 0 bridgehead atoms. The predicted octanol–water partition coefficient (Wildman–Crippen LogP) is 0.882. The Bertz CT molecular complexity index is 173. The number of carbonyl (C=O) groups is 1. The standard InChI is InChI=1S/C5H12N2O2.C4H9N/c1-5(2,3)9-4(8)7-6;5-4-2-1-3-4/h6H2,1-3H3,(H,7,8);4H,1-3,5H2. The highest BCUT2D eigenvalue weighted by molar-refractivity contribution is 5.66. The lowest BCUT2D eigenvalue weighted by atomic mass is 9.95. The van der Waals surface area contributed by atoms with Crippen molar-refractivity contribution < 1.29 is 9.53 Å². The lowest BCUT2D eigenvalue weighted by molar-refractivity contribution is 0.0527. The van der Waals surface area contributed by atoms with Gasteiger partial charge in [-0.3, -0.25) is 5.43 Å². The van der Waals surface area contributed by atoms with Crippen molar-refractivity contribution in [2.45, 2.75) is 51.7 Å². The zero-order valence-electron chi connectivity index (χ0n) is 9.17. The molecule has 0 aromatic heterocycles. The Morgan fingerprint density at radius 2 is 1.86 bits per heavy atom. The van der Waals surface area contributed by atoms with Crippen molar-refractivity contribution in [3.63, 3.8) is 0 Å². The quantitative estimate of drug-likeness (QED) is 0.310. The van der Waals surface area contributed by atoms with Crippen LogP contribution in [-0.4, -0.2) is 17.7 Å². The molecule has 0 unspecified atom stereocenters. The number of nitrogens with two attached hydrogens (primary N) is 2. The minimum absolute atomic E-state index is 0.469. The van der Waals surface area contributed by atoms with Gasteiger partial charge in [-0.1, -0.05) is 6.42 Å². The predicted molar refractivity (Wildman–Crippen MR) is 55.4 cm³/mol. The van der Waals surface area contributed by atoms with Gasteiger partial charge in [0.2, 0.25) is 0 Å². The molecule has 0 aromatic carbocycles. The molecule has 0 spiro atoms. The van der Waals surface area contributed by atoms with Gasteiger partial charge in [0, 0.05) is 6.04 Å². The van der Waals surface area contributed by atoms with Crippen molar-refractivity contribution in [2.24, 2.45) is 11.6 Å². The highest BCUT2D eigenvalue weighted by Crippen LogP contribution is 2.14. The van der Waals surface area contributed by atoms with Crippen LogP contribution in [0.4, 0.5) is 4.79 Å². The van der Waals surface area contributed by atoms with Crippen molar-refractivity contribution in [3.8, 4) is 0 Å². The summed E-state index contributed by atoms with van der Waals surface area (Å²) in [5.74, 6) is 4.75. The summed E-state index contributed by atoms with van der Waals surface area (Å²) in [6.45, 7) is 5.30. The smallest absolute Gasteiger partial charge is 0.421 e. The average Bonchev–Trinajstić information content (AvgIpc) is 1.99. The van der Waals surface area contributed by atoms with E-state index in [1.54, 1.807) is 20.8 Å². The summed E-state index contributed by atoms with van der Waals surface area (Å²) in [4.78, 5) is 10.4. The molecule has 0 heterocycles. The van der Waals surface area contributed by atoms with E-state index >= 15 is 0 Å². The SMILES string of the molecule is CC(C)(C)OC(=O)NN.NC1CCC1. The van der Waals surface area contributed by atoms with Gasteiger partial charge in [-0.2, -0.15) is 0 Å². The third kappa shape index (κ3) is 7.82. The third-order valence-corrected chi connectivity index (χ3v) is 1.67.